The Morgan fingerprint density at radius 1 is 1.39 bits per heavy atom. The second kappa shape index (κ2) is 6.91. The van der Waals surface area contributed by atoms with Crippen LogP contribution in [0.5, 0.6) is 0 Å². The van der Waals surface area contributed by atoms with Gasteiger partial charge in [0, 0.05) is 13.0 Å². The Bertz CT molecular complexity index is 405. The molecule has 1 aromatic carbocycles. The van der Waals surface area contributed by atoms with E-state index in [0.29, 0.717) is 12.3 Å². The number of nitrogens with one attached hydrogen (secondary N) is 1. The van der Waals surface area contributed by atoms with Gasteiger partial charge in [0.1, 0.15) is 5.78 Å². The van der Waals surface area contributed by atoms with Crippen LogP contribution >= 0.6 is 11.6 Å². The van der Waals surface area contributed by atoms with Crippen molar-refractivity contribution in [3.63, 3.8) is 0 Å². The van der Waals surface area contributed by atoms with Gasteiger partial charge < -0.3 is 5.32 Å². The number of halogens is 1. The number of alkyl halides is 1. The van der Waals surface area contributed by atoms with Gasteiger partial charge in [-0.15, -0.1) is 11.6 Å². The summed E-state index contributed by atoms with van der Waals surface area (Å²) in [7, 11) is 0. The van der Waals surface area contributed by atoms with E-state index in [2.05, 4.69) is 29.6 Å². The third kappa shape index (κ3) is 3.56. The van der Waals surface area contributed by atoms with Crippen molar-refractivity contribution in [3.05, 3.63) is 35.4 Å². The van der Waals surface area contributed by atoms with E-state index in [-0.39, 0.29) is 11.7 Å². The second-order valence-electron chi connectivity index (χ2n) is 4.91. The second-order valence-corrected chi connectivity index (χ2v) is 5.18. The minimum absolute atomic E-state index is 0.143. The lowest BCUT2D eigenvalue weighted by molar-refractivity contribution is -0.116. The Balaban J connectivity index is 1.68. The number of carbonyl (C=O) groups is 1. The van der Waals surface area contributed by atoms with Gasteiger partial charge in [-0.3, -0.25) is 4.79 Å². The number of fused-ring (bicyclic) bond motifs is 1. The molecule has 1 aliphatic rings. The zero-order valence-corrected chi connectivity index (χ0v) is 11.4. The Kier molecular flexibility index (Phi) is 5.21. The van der Waals surface area contributed by atoms with Crippen LogP contribution in [0.4, 0.5) is 0 Å². The highest BCUT2D eigenvalue weighted by atomic mass is 35.5. The van der Waals surface area contributed by atoms with Crippen LogP contribution in [0.15, 0.2) is 24.3 Å². The molecule has 18 heavy (non-hydrogen) atoms. The van der Waals surface area contributed by atoms with E-state index < -0.39 is 0 Å². The fourth-order valence-corrected chi connectivity index (χ4v) is 2.74. The van der Waals surface area contributed by atoms with Crippen LogP contribution in [0.1, 0.15) is 36.3 Å². The van der Waals surface area contributed by atoms with Gasteiger partial charge in [-0.25, -0.2) is 0 Å². The number of ketones is 1. The quantitative estimate of drug-likeness (QED) is 0.607. The van der Waals surface area contributed by atoms with E-state index in [1.54, 1.807) is 0 Å². The molecule has 1 aromatic rings. The zero-order chi connectivity index (χ0) is 12.8. The van der Waals surface area contributed by atoms with Crippen LogP contribution in [-0.4, -0.2) is 24.8 Å². The zero-order valence-electron chi connectivity index (χ0n) is 10.6. The third-order valence-corrected chi connectivity index (χ3v) is 3.90. The fraction of sp³-hybridized carbons (Fsp3) is 0.533. The molecular weight excluding hydrogens is 246 g/mol. The van der Waals surface area contributed by atoms with Crippen LogP contribution < -0.4 is 5.32 Å². The van der Waals surface area contributed by atoms with Gasteiger partial charge in [0.05, 0.1) is 5.88 Å². The first kappa shape index (κ1) is 13.6. The molecule has 0 spiro atoms. The van der Waals surface area contributed by atoms with E-state index in [4.69, 9.17) is 11.6 Å². The smallest absolute Gasteiger partial charge is 0.147 e. The number of aryl methyl sites for hydroxylation is 1. The van der Waals surface area contributed by atoms with Gasteiger partial charge in [-0.1, -0.05) is 24.3 Å². The van der Waals surface area contributed by atoms with Crippen molar-refractivity contribution in [1.29, 1.82) is 0 Å². The predicted molar refractivity (Wildman–Crippen MR) is 75.3 cm³/mol. The molecule has 0 aromatic heterocycles. The topological polar surface area (TPSA) is 29.1 Å². The number of hydrogen-bond donors (Lipinski definition) is 1. The molecule has 1 atom stereocenters. The van der Waals surface area contributed by atoms with Crippen LogP contribution in [0.2, 0.25) is 0 Å². The summed E-state index contributed by atoms with van der Waals surface area (Å²) in [6.07, 6.45) is 3.93. The minimum Gasteiger partial charge on any atom is -0.316 e. The molecule has 98 valence electrons. The van der Waals surface area contributed by atoms with E-state index >= 15 is 0 Å². The summed E-state index contributed by atoms with van der Waals surface area (Å²) >= 11 is 5.45. The Labute approximate surface area is 114 Å². The van der Waals surface area contributed by atoms with Gasteiger partial charge in [0.25, 0.3) is 0 Å². The van der Waals surface area contributed by atoms with Gasteiger partial charge in [-0.2, -0.15) is 0 Å². The molecule has 1 unspecified atom stereocenters. The maximum absolute atomic E-state index is 11.0. The molecule has 0 fully saturated rings. The Hall–Kier alpha value is -0.860. The van der Waals surface area contributed by atoms with Gasteiger partial charge in [0.15, 0.2) is 0 Å². The predicted octanol–water partition coefficient (Wildman–Crippen LogP) is 2.89. The van der Waals surface area contributed by atoms with Gasteiger partial charge in [0.2, 0.25) is 0 Å². The lowest BCUT2D eigenvalue weighted by Crippen LogP contribution is -2.22. The first-order valence-corrected chi connectivity index (χ1v) is 7.21. The summed E-state index contributed by atoms with van der Waals surface area (Å²) in [5.41, 5.74) is 3.00. The SMILES string of the molecule is O=C(CCl)CCCNCC1CCc2ccccc21. The molecule has 0 amide bonds. The van der Waals surface area contributed by atoms with Crippen molar-refractivity contribution in [1.82, 2.24) is 5.32 Å². The Morgan fingerprint density at radius 2 is 2.22 bits per heavy atom. The first-order valence-electron chi connectivity index (χ1n) is 6.67. The van der Waals surface area contributed by atoms with Crippen LogP contribution in [-0.2, 0) is 11.2 Å². The molecule has 3 heteroatoms. The van der Waals surface area contributed by atoms with Crippen molar-refractivity contribution in [2.24, 2.45) is 0 Å². The van der Waals surface area contributed by atoms with Crippen molar-refractivity contribution in [2.45, 2.75) is 31.6 Å². The van der Waals surface area contributed by atoms with Crippen LogP contribution in [0, 0.1) is 0 Å². The Morgan fingerprint density at radius 3 is 3.06 bits per heavy atom. The number of carbonyl (C=O) groups excluding carboxylic acids is 1. The molecule has 0 bridgehead atoms. The number of Topliss-reactive ketones (excluding diaryl/α,β-unsaturated/α-hetero) is 1. The highest BCUT2D eigenvalue weighted by Gasteiger charge is 2.20. The maximum Gasteiger partial charge on any atom is 0.147 e. The summed E-state index contributed by atoms with van der Waals surface area (Å²) < 4.78 is 0. The lowest BCUT2D eigenvalue weighted by Gasteiger charge is -2.12. The van der Waals surface area contributed by atoms with E-state index in [0.717, 1.165) is 19.5 Å². The standard InChI is InChI=1S/C15H20ClNO/c16-10-14(18)5-3-9-17-11-13-8-7-12-4-1-2-6-15(12)13/h1-2,4,6,13,17H,3,5,7-11H2. The summed E-state index contributed by atoms with van der Waals surface area (Å²) in [6, 6.07) is 8.71. The summed E-state index contributed by atoms with van der Waals surface area (Å²) in [5, 5.41) is 3.45. The van der Waals surface area contributed by atoms with Crippen molar-refractivity contribution >= 4 is 17.4 Å². The molecule has 0 saturated heterocycles. The largest absolute Gasteiger partial charge is 0.316 e. The lowest BCUT2D eigenvalue weighted by atomic mass is 10.0. The van der Waals surface area contributed by atoms with E-state index in [1.165, 1.54) is 24.0 Å². The monoisotopic (exact) mass is 265 g/mol. The molecular formula is C15H20ClNO. The maximum atomic E-state index is 11.0. The minimum atomic E-state index is 0.143. The molecule has 2 nitrogen and oxygen atoms in total. The molecule has 1 aliphatic carbocycles. The average Bonchev–Trinajstić information content (AvgIpc) is 2.81. The van der Waals surface area contributed by atoms with Crippen molar-refractivity contribution < 1.29 is 4.79 Å². The summed E-state index contributed by atoms with van der Waals surface area (Å²) in [5.74, 6) is 0.935. The molecule has 2 rings (SSSR count). The van der Waals surface area contributed by atoms with E-state index in [9.17, 15) is 4.79 Å². The summed E-state index contributed by atoms with van der Waals surface area (Å²) in [4.78, 5) is 11.0. The molecule has 1 N–H and O–H groups in total. The molecule has 0 saturated carbocycles. The molecule has 0 radical (unpaired) electrons. The fourth-order valence-electron chi connectivity index (χ4n) is 2.61. The third-order valence-electron chi connectivity index (χ3n) is 3.61. The number of benzene rings is 1. The summed E-state index contributed by atoms with van der Waals surface area (Å²) in [6.45, 7) is 1.92. The first-order chi connectivity index (χ1) is 8.81. The van der Waals surface area contributed by atoms with E-state index in [1.807, 2.05) is 0 Å². The van der Waals surface area contributed by atoms with Crippen molar-refractivity contribution in [3.8, 4) is 0 Å². The highest BCUT2D eigenvalue weighted by Crippen LogP contribution is 2.31. The van der Waals surface area contributed by atoms with Gasteiger partial charge >= 0.3 is 0 Å². The number of rotatable bonds is 7. The van der Waals surface area contributed by atoms with Crippen LogP contribution in [0.3, 0.4) is 0 Å². The van der Waals surface area contributed by atoms with Crippen molar-refractivity contribution in [2.75, 3.05) is 19.0 Å². The highest BCUT2D eigenvalue weighted by molar-refractivity contribution is 6.27. The average molecular weight is 266 g/mol. The normalized spacial score (nSPS) is 17.7. The molecule has 0 heterocycles. The van der Waals surface area contributed by atoms with Crippen LogP contribution in [0.25, 0.3) is 0 Å². The molecule has 0 aliphatic heterocycles. The number of hydrogen-bond acceptors (Lipinski definition) is 2. The van der Waals surface area contributed by atoms with Gasteiger partial charge in [-0.05, 0) is 42.9 Å².